The maximum absolute atomic E-state index is 12.0. The zero-order valence-electron chi connectivity index (χ0n) is 18.1. The van der Waals surface area contributed by atoms with Crippen LogP contribution in [0.15, 0.2) is 34.2 Å². The second-order valence-corrected chi connectivity index (χ2v) is 8.96. The lowest BCUT2D eigenvalue weighted by Crippen LogP contribution is -2.34. The first-order chi connectivity index (χ1) is 15.1. The number of carbonyl (C=O) groups excluding carboxylic acids is 1. The number of aryl methyl sites for hydroxylation is 1. The van der Waals surface area contributed by atoms with Crippen LogP contribution in [0.3, 0.4) is 0 Å². The third kappa shape index (κ3) is 5.37. The lowest BCUT2D eigenvalue weighted by Gasteiger charge is -2.31. The molecule has 0 unspecified atom stereocenters. The molecule has 8 heteroatoms. The highest BCUT2D eigenvalue weighted by molar-refractivity contribution is 7.17. The molecule has 1 aliphatic rings. The summed E-state index contributed by atoms with van der Waals surface area (Å²) in [6.45, 7) is 5.99. The van der Waals surface area contributed by atoms with Gasteiger partial charge in [0.05, 0.1) is 11.8 Å². The number of ether oxygens (including phenoxy) is 1. The van der Waals surface area contributed by atoms with E-state index in [-0.39, 0.29) is 6.03 Å². The first-order valence-corrected chi connectivity index (χ1v) is 11.8. The number of unbranched alkanes of at least 4 members (excludes halogenated alkanes) is 1. The van der Waals surface area contributed by atoms with Gasteiger partial charge in [0, 0.05) is 29.8 Å². The molecule has 0 aliphatic carbocycles. The zero-order valence-corrected chi connectivity index (χ0v) is 19.0. The van der Waals surface area contributed by atoms with E-state index in [9.17, 15) is 4.79 Å². The summed E-state index contributed by atoms with van der Waals surface area (Å²) in [5, 5.41) is 12.3. The summed E-state index contributed by atoms with van der Waals surface area (Å²) in [6, 6.07) is 7.16. The van der Waals surface area contributed by atoms with Crippen molar-refractivity contribution in [2.24, 2.45) is 0 Å². The summed E-state index contributed by atoms with van der Waals surface area (Å²) in [5.74, 6) is 1.22. The number of nitrogens with zero attached hydrogens (tertiary/aromatic N) is 2. The highest BCUT2D eigenvalue weighted by Gasteiger charge is 2.26. The van der Waals surface area contributed by atoms with Crippen molar-refractivity contribution < 1.29 is 14.1 Å². The second-order valence-electron chi connectivity index (χ2n) is 8.08. The molecule has 2 amide bonds. The minimum atomic E-state index is -0.184. The van der Waals surface area contributed by atoms with Crippen molar-refractivity contribution in [2.75, 3.05) is 38.6 Å². The van der Waals surface area contributed by atoms with Crippen molar-refractivity contribution in [1.82, 2.24) is 15.4 Å². The maximum atomic E-state index is 12.0. The molecule has 0 atom stereocenters. The molecular weight excluding hydrogens is 412 g/mol. The van der Waals surface area contributed by atoms with E-state index in [0.29, 0.717) is 12.5 Å². The summed E-state index contributed by atoms with van der Waals surface area (Å²) in [4.78, 5) is 14.6. The summed E-state index contributed by atoms with van der Waals surface area (Å²) in [6.07, 6.45) is 4.28. The van der Waals surface area contributed by atoms with Crippen LogP contribution in [-0.4, -0.2) is 49.4 Å². The standard InChI is InChI=1S/C23H30N4O3S/c1-16-15-31-22-20(26-30-21(16)22)17-8-12-27(13-9-17)11-4-3-10-24-23(28)25-18-6-5-7-19(14-18)29-2/h5-7,14-15,17H,3-4,8-13H2,1-2H3,(H2,24,25,28). The van der Waals surface area contributed by atoms with Gasteiger partial charge in [0.1, 0.15) is 11.4 Å². The van der Waals surface area contributed by atoms with Crippen LogP contribution in [-0.2, 0) is 0 Å². The van der Waals surface area contributed by atoms with Crippen molar-refractivity contribution in [1.29, 1.82) is 0 Å². The van der Waals surface area contributed by atoms with Gasteiger partial charge in [-0.2, -0.15) is 0 Å². The predicted molar refractivity (Wildman–Crippen MR) is 124 cm³/mol. The van der Waals surface area contributed by atoms with Crippen molar-refractivity contribution in [2.45, 2.75) is 38.5 Å². The van der Waals surface area contributed by atoms with E-state index in [2.05, 4.69) is 33.0 Å². The van der Waals surface area contributed by atoms with Crippen LogP contribution in [0.4, 0.5) is 10.5 Å². The third-order valence-corrected chi connectivity index (χ3v) is 6.98. The molecule has 2 aromatic heterocycles. The third-order valence-electron chi connectivity index (χ3n) is 5.87. The lowest BCUT2D eigenvalue weighted by atomic mass is 9.93. The van der Waals surface area contributed by atoms with Crippen molar-refractivity contribution in [3.63, 3.8) is 0 Å². The van der Waals surface area contributed by atoms with E-state index in [0.717, 1.165) is 68.0 Å². The molecule has 1 aromatic carbocycles. The fourth-order valence-electron chi connectivity index (χ4n) is 4.09. The highest BCUT2D eigenvalue weighted by atomic mass is 32.1. The van der Waals surface area contributed by atoms with Crippen LogP contribution in [0.25, 0.3) is 10.3 Å². The van der Waals surface area contributed by atoms with Crippen LogP contribution in [0.2, 0.25) is 0 Å². The van der Waals surface area contributed by atoms with Crippen molar-refractivity contribution in [3.05, 3.63) is 40.9 Å². The largest absolute Gasteiger partial charge is 0.497 e. The first kappa shape index (κ1) is 21.6. The molecule has 1 fully saturated rings. The number of likely N-dealkylation sites (tertiary alicyclic amines) is 1. The molecule has 2 N–H and O–H groups in total. The number of methoxy groups -OCH3 is 1. The van der Waals surface area contributed by atoms with Gasteiger partial charge in [-0.05, 0) is 69.8 Å². The molecule has 4 rings (SSSR count). The Morgan fingerprint density at radius 3 is 2.97 bits per heavy atom. The van der Waals surface area contributed by atoms with Crippen LogP contribution in [0, 0.1) is 6.92 Å². The summed E-state index contributed by atoms with van der Waals surface area (Å²) in [5.41, 5.74) is 4.02. The SMILES string of the molecule is COc1cccc(NC(=O)NCCCCN2CCC(c3noc4c(C)csc34)CC2)c1. The predicted octanol–water partition coefficient (Wildman–Crippen LogP) is 4.99. The van der Waals surface area contributed by atoms with Crippen molar-refractivity contribution >= 4 is 33.3 Å². The lowest BCUT2D eigenvalue weighted by molar-refractivity contribution is 0.205. The van der Waals surface area contributed by atoms with Gasteiger partial charge < -0.3 is 24.8 Å². The maximum Gasteiger partial charge on any atom is 0.319 e. The number of benzene rings is 1. The molecule has 166 valence electrons. The number of hydrogen-bond donors (Lipinski definition) is 2. The molecule has 1 saturated heterocycles. The Labute approximate surface area is 186 Å². The normalized spacial score (nSPS) is 15.3. The van der Waals surface area contributed by atoms with E-state index in [1.807, 2.05) is 18.2 Å². The number of hydrogen-bond acceptors (Lipinski definition) is 6. The Morgan fingerprint density at radius 2 is 2.16 bits per heavy atom. The number of fused-ring (bicyclic) bond motifs is 1. The van der Waals surface area contributed by atoms with Gasteiger partial charge in [0.2, 0.25) is 0 Å². The Kier molecular flexibility index (Phi) is 7.09. The number of anilines is 1. The smallest absolute Gasteiger partial charge is 0.319 e. The molecule has 3 heterocycles. The topological polar surface area (TPSA) is 79.6 Å². The summed E-state index contributed by atoms with van der Waals surface area (Å²) >= 11 is 1.75. The number of amides is 2. The molecule has 0 radical (unpaired) electrons. The van der Waals surface area contributed by atoms with Gasteiger partial charge in [-0.25, -0.2) is 4.79 Å². The number of piperidine rings is 1. The van der Waals surface area contributed by atoms with E-state index in [1.54, 1.807) is 24.5 Å². The number of thiophene rings is 1. The molecule has 3 aromatic rings. The average molecular weight is 443 g/mol. The monoisotopic (exact) mass is 442 g/mol. The minimum Gasteiger partial charge on any atom is -0.497 e. The summed E-state index contributed by atoms with van der Waals surface area (Å²) in [7, 11) is 1.61. The van der Waals surface area contributed by atoms with Gasteiger partial charge in [0.25, 0.3) is 0 Å². The van der Waals surface area contributed by atoms with Gasteiger partial charge >= 0.3 is 6.03 Å². The fraction of sp³-hybridized carbons (Fsp3) is 0.478. The Balaban J connectivity index is 1.12. The highest BCUT2D eigenvalue weighted by Crippen LogP contribution is 2.36. The number of rotatable bonds is 8. The molecule has 7 nitrogen and oxygen atoms in total. The van der Waals surface area contributed by atoms with Gasteiger partial charge in [0.15, 0.2) is 5.58 Å². The Hall–Kier alpha value is -2.58. The second kappa shape index (κ2) is 10.2. The van der Waals surface area contributed by atoms with Crippen LogP contribution in [0.1, 0.15) is 42.9 Å². The minimum absolute atomic E-state index is 0.184. The molecular formula is C23H30N4O3S. The van der Waals surface area contributed by atoms with Crippen LogP contribution in [0.5, 0.6) is 5.75 Å². The first-order valence-electron chi connectivity index (χ1n) is 10.9. The fourth-order valence-corrected chi connectivity index (χ4v) is 5.12. The Morgan fingerprint density at radius 1 is 1.32 bits per heavy atom. The zero-order chi connectivity index (χ0) is 21.6. The number of nitrogens with one attached hydrogen (secondary N) is 2. The number of urea groups is 1. The Bertz CT molecular complexity index is 1010. The van der Waals surface area contributed by atoms with E-state index in [1.165, 1.54) is 10.3 Å². The molecule has 31 heavy (non-hydrogen) atoms. The summed E-state index contributed by atoms with van der Waals surface area (Å²) < 4.78 is 12.0. The van der Waals surface area contributed by atoms with Gasteiger partial charge in [-0.15, -0.1) is 11.3 Å². The van der Waals surface area contributed by atoms with E-state index < -0.39 is 0 Å². The van der Waals surface area contributed by atoms with Crippen molar-refractivity contribution in [3.8, 4) is 5.75 Å². The number of aromatic nitrogens is 1. The molecule has 1 aliphatic heterocycles. The van der Waals surface area contributed by atoms with Crippen LogP contribution >= 0.6 is 11.3 Å². The average Bonchev–Trinajstić information content (AvgIpc) is 3.37. The quantitative estimate of drug-likeness (QED) is 0.481. The molecule has 0 saturated carbocycles. The van der Waals surface area contributed by atoms with Gasteiger partial charge in [-0.3, -0.25) is 0 Å². The van der Waals surface area contributed by atoms with E-state index >= 15 is 0 Å². The number of carbonyl (C=O) groups is 1. The van der Waals surface area contributed by atoms with Crippen LogP contribution < -0.4 is 15.4 Å². The van der Waals surface area contributed by atoms with Gasteiger partial charge in [-0.1, -0.05) is 11.2 Å². The molecule has 0 spiro atoms. The van der Waals surface area contributed by atoms with E-state index in [4.69, 9.17) is 9.26 Å². The molecule has 0 bridgehead atoms.